The van der Waals surface area contributed by atoms with Gasteiger partial charge >= 0.3 is 0 Å². The first-order valence-electron chi connectivity index (χ1n) is 5.52. The van der Waals surface area contributed by atoms with Crippen molar-refractivity contribution < 1.29 is 4.79 Å². The summed E-state index contributed by atoms with van der Waals surface area (Å²) in [6.45, 7) is 7.28. The van der Waals surface area contributed by atoms with Crippen LogP contribution in [0, 0.1) is 5.41 Å². The number of hydrogen-bond acceptors (Lipinski definition) is 3. The highest BCUT2D eigenvalue weighted by Gasteiger charge is 2.10. The molecule has 4 nitrogen and oxygen atoms in total. The standard InChI is InChI=1S/C12H19N3O/c1-12(2,3)5-4-6-15-11(16)10-7-13-9-14-8-10/h7-9H,4-6H2,1-3H3,(H,15,16). The molecule has 1 aromatic rings. The molecule has 0 atom stereocenters. The Morgan fingerprint density at radius 2 is 1.94 bits per heavy atom. The van der Waals surface area contributed by atoms with Crippen LogP contribution in [-0.2, 0) is 0 Å². The molecule has 0 fully saturated rings. The van der Waals surface area contributed by atoms with E-state index in [0.717, 1.165) is 12.8 Å². The van der Waals surface area contributed by atoms with Gasteiger partial charge < -0.3 is 5.32 Å². The van der Waals surface area contributed by atoms with E-state index >= 15 is 0 Å². The molecule has 1 N–H and O–H groups in total. The first-order valence-corrected chi connectivity index (χ1v) is 5.52. The molecule has 0 unspecified atom stereocenters. The van der Waals surface area contributed by atoms with Crippen LogP contribution >= 0.6 is 0 Å². The Bertz CT molecular complexity index is 330. The molecule has 88 valence electrons. The maximum atomic E-state index is 11.6. The van der Waals surface area contributed by atoms with Crippen molar-refractivity contribution in [1.82, 2.24) is 15.3 Å². The fourth-order valence-electron chi connectivity index (χ4n) is 1.34. The lowest BCUT2D eigenvalue weighted by atomic mass is 9.91. The molecule has 4 heteroatoms. The minimum atomic E-state index is -0.102. The highest BCUT2D eigenvalue weighted by Crippen LogP contribution is 2.19. The van der Waals surface area contributed by atoms with Crippen LogP contribution in [0.3, 0.4) is 0 Å². The van der Waals surface area contributed by atoms with Gasteiger partial charge in [0, 0.05) is 18.9 Å². The third kappa shape index (κ3) is 4.87. The van der Waals surface area contributed by atoms with Crippen molar-refractivity contribution in [3.8, 4) is 0 Å². The molecule has 1 rings (SSSR count). The number of nitrogens with one attached hydrogen (secondary N) is 1. The summed E-state index contributed by atoms with van der Waals surface area (Å²) < 4.78 is 0. The van der Waals surface area contributed by atoms with Gasteiger partial charge in [0.1, 0.15) is 6.33 Å². The van der Waals surface area contributed by atoms with Crippen LogP contribution < -0.4 is 5.32 Å². The summed E-state index contributed by atoms with van der Waals surface area (Å²) >= 11 is 0. The van der Waals surface area contributed by atoms with Crippen LogP contribution in [0.2, 0.25) is 0 Å². The minimum Gasteiger partial charge on any atom is -0.352 e. The van der Waals surface area contributed by atoms with Gasteiger partial charge in [-0.15, -0.1) is 0 Å². The zero-order valence-electron chi connectivity index (χ0n) is 10.2. The highest BCUT2D eigenvalue weighted by molar-refractivity contribution is 5.93. The normalized spacial score (nSPS) is 11.2. The molecular formula is C12H19N3O. The molecule has 1 amide bonds. The van der Waals surface area contributed by atoms with E-state index < -0.39 is 0 Å². The van der Waals surface area contributed by atoms with Crippen molar-refractivity contribution in [3.63, 3.8) is 0 Å². The van der Waals surface area contributed by atoms with Gasteiger partial charge in [-0.3, -0.25) is 4.79 Å². The van der Waals surface area contributed by atoms with Crippen molar-refractivity contribution in [2.75, 3.05) is 6.54 Å². The second kappa shape index (κ2) is 5.58. The number of hydrogen-bond donors (Lipinski definition) is 1. The van der Waals surface area contributed by atoms with E-state index in [1.165, 1.54) is 18.7 Å². The first kappa shape index (κ1) is 12.6. The number of amides is 1. The predicted octanol–water partition coefficient (Wildman–Crippen LogP) is 2.03. The van der Waals surface area contributed by atoms with Crippen LogP contribution in [0.1, 0.15) is 44.0 Å². The number of carbonyl (C=O) groups is 1. The summed E-state index contributed by atoms with van der Waals surface area (Å²) in [6, 6.07) is 0. The average molecular weight is 221 g/mol. The SMILES string of the molecule is CC(C)(C)CCCNC(=O)c1cncnc1. The quantitative estimate of drug-likeness (QED) is 0.791. The molecular weight excluding hydrogens is 202 g/mol. The first-order chi connectivity index (χ1) is 7.49. The van der Waals surface area contributed by atoms with Crippen molar-refractivity contribution in [3.05, 3.63) is 24.3 Å². The van der Waals surface area contributed by atoms with Crippen LogP contribution in [0.25, 0.3) is 0 Å². The number of rotatable bonds is 4. The molecule has 0 saturated carbocycles. The zero-order valence-corrected chi connectivity index (χ0v) is 10.2. The van der Waals surface area contributed by atoms with E-state index in [1.807, 2.05) is 0 Å². The molecule has 0 saturated heterocycles. The van der Waals surface area contributed by atoms with Crippen molar-refractivity contribution in [2.24, 2.45) is 5.41 Å². The fraction of sp³-hybridized carbons (Fsp3) is 0.583. The van der Waals surface area contributed by atoms with Crippen molar-refractivity contribution in [1.29, 1.82) is 0 Å². The average Bonchev–Trinajstić information content (AvgIpc) is 2.24. The van der Waals surface area contributed by atoms with E-state index in [0.29, 0.717) is 17.5 Å². The molecule has 0 radical (unpaired) electrons. The minimum absolute atomic E-state index is 0.102. The smallest absolute Gasteiger partial charge is 0.254 e. The third-order valence-electron chi connectivity index (χ3n) is 2.21. The summed E-state index contributed by atoms with van der Waals surface area (Å²) in [7, 11) is 0. The lowest BCUT2D eigenvalue weighted by Crippen LogP contribution is -2.25. The summed E-state index contributed by atoms with van der Waals surface area (Å²) in [5, 5.41) is 2.85. The van der Waals surface area contributed by atoms with Gasteiger partial charge in [-0.05, 0) is 18.3 Å². The number of aromatic nitrogens is 2. The Morgan fingerprint density at radius 1 is 1.31 bits per heavy atom. The summed E-state index contributed by atoms with van der Waals surface area (Å²) in [4.78, 5) is 19.2. The predicted molar refractivity (Wildman–Crippen MR) is 63.1 cm³/mol. The zero-order chi connectivity index (χ0) is 12.0. The largest absolute Gasteiger partial charge is 0.352 e. The number of carbonyl (C=O) groups excluding carboxylic acids is 1. The second-order valence-electron chi connectivity index (χ2n) is 5.05. The second-order valence-corrected chi connectivity index (χ2v) is 5.05. The lowest BCUT2D eigenvalue weighted by molar-refractivity contribution is 0.0951. The Kier molecular flexibility index (Phi) is 4.40. The molecule has 0 aliphatic carbocycles. The van der Waals surface area contributed by atoms with Crippen molar-refractivity contribution in [2.45, 2.75) is 33.6 Å². The van der Waals surface area contributed by atoms with Crippen molar-refractivity contribution >= 4 is 5.91 Å². The Morgan fingerprint density at radius 3 is 2.50 bits per heavy atom. The van der Waals surface area contributed by atoms with Crippen LogP contribution in [0.4, 0.5) is 0 Å². The van der Waals surface area contributed by atoms with E-state index in [4.69, 9.17) is 0 Å². The van der Waals surface area contributed by atoms with Gasteiger partial charge in [0.05, 0.1) is 5.56 Å². The monoisotopic (exact) mass is 221 g/mol. The maximum Gasteiger partial charge on any atom is 0.254 e. The van der Waals surface area contributed by atoms with E-state index in [-0.39, 0.29) is 5.91 Å². The fourth-order valence-corrected chi connectivity index (χ4v) is 1.34. The molecule has 1 heterocycles. The maximum absolute atomic E-state index is 11.6. The summed E-state index contributed by atoms with van der Waals surface area (Å²) in [6.07, 6.45) is 6.54. The van der Waals surface area contributed by atoms with Crippen LogP contribution in [0.15, 0.2) is 18.7 Å². The summed E-state index contributed by atoms with van der Waals surface area (Å²) in [5.74, 6) is -0.102. The number of nitrogens with zero attached hydrogens (tertiary/aromatic N) is 2. The molecule has 1 aromatic heterocycles. The van der Waals surface area contributed by atoms with Gasteiger partial charge in [-0.2, -0.15) is 0 Å². The molecule has 0 aromatic carbocycles. The van der Waals surface area contributed by atoms with Crippen LogP contribution in [-0.4, -0.2) is 22.4 Å². The van der Waals surface area contributed by atoms with E-state index in [1.54, 1.807) is 0 Å². The van der Waals surface area contributed by atoms with Gasteiger partial charge in [0.2, 0.25) is 0 Å². The Hall–Kier alpha value is -1.45. The molecule has 0 aliphatic heterocycles. The van der Waals surface area contributed by atoms with Gasteiger partial charge in [0.25, 0.3) is 5.91 Å². The van der Waals surface area contributed by atoms with Gasteiger partial charge in [-0.25, -0.2) is 9.97 Å². The van der Waals surface area contributed by atoms with E-state index in [9.17, 15) is 4.79 Å². The molecule has 0 spiro atoms. The Labute approximate surface area is 96.5 Å². The third-order valence-corrected chi connectivity index (χ3v) is 2.21. The van der Waals surface area contributed by atoms with Gasteiger partial charge in [-0.1, -0.05) is 20.8 Å². The topological polar surface area (TPSA) is 54.9 Å². The molecule has 0 aliphatic rings. The van der Waals surface area contributed by atoms with Crippen LogP contribution in [0.5, 0.6) is 0 Å². The van der Waals surface area contributed by atoms with E-state index in [2.05, 4.69) is 36.1 Å². The molecule has 0 bridgehead atoms. The molecule has 16 heavy (non-hydrogen) atoms. The highest BCUT2D eigenvalue weighted by atomic mass is 16.1. The van der Waals surface area contributed by atoms with Gasteiger partial charge in [0.15, 0.2) is 0 Å². The Balaban J connectivity index is 2.27. The lowest BCUT2D eigenvalue weighted by Gasteiger charge is -2.17. The summed E-state index contributed by atoms with van der Waals surface area (Å²) in [5.41, 5.74) is 0.832.